The zero-order valence-electron chi connectivity index (χ0n) is 13.5. The summed E-state index contributed by atoms with van der Waals surface area (Å²) in [5.74, 6) is 0.763. The first-order valence-corrected chi connectivity index (χ1v) is 7.86. The van der Waals surface area contributed by atoms with E-state index in [1.165, 1.54) is 32.1 Å². The lowest BCUT2D eigenvalue weighted by atomic mass is 10.2. The Morgan fingerprint density at radius 2 is 1.75 bits per heavy atom. The maximum Gasteiger partial charge on any atom is 0.191 e. The number of halogens is 1. The number of likely N-dealkylation sites (tertiary alicyclic amines) is 1. The van der Waals surface area contributed by atoms with E-state index in [9.17, 15) is 0 Å². The van der Waals surface area contributed by atoms with Gasteiger partial charge in [0.2, 0.25) is 0 Å². The average molecular weight is 396 g/mol. The maximum atomic E-state index is 6.07. The van der Waals surface area contributed by atoms with Crippen LogP contribution in [-0.4, -0.2) is 55.0 Å². The molecule has 0 unspecified atom stereocenters. The van der Waals surface area contributed by atoms with E-state index < -0.39 is 0 Å². The van der Waals surface area contributed by atoms with Gasteiger partial charge in [-0.15, -0.1) is 24.0 Å². The Morgan fingerprint density at radius 1 is 1.15 bits per heavy atom. The molecule has 0 aliphatic carbocycles. The zero-order chi connectivity index (χ0) is 14.1. The van der Waals surface area contributed by atoms with Crippen LogP contribution in [0.4, 0.5) is 0 Å². The number of hydrogen-bond donors (Lipinski definition) is 1. The molecule has 0 spiro atoms. The lowest BCUT2D eigenvalue weighted by Gasteiger charge is -2.21. The highest BCUT2D eigenvalue weighted by Crippen LogP contribution is 2.09. The summed E-state index contributed by atoms with van der Waals surface area (Å²) in [6, 6.07) is 0.630. The molecule has 5 heteroatoms. The van der Waals surface area contributed by atoms with Gasteiger partial charge < -0.3 is 15.5 Å². The molecular weight excluding hydrogens is 363 g/mol. The molecular formula is C15H33IN4. The highest BCUT2D eigenvalue weighted by molar-refractivity contribution is 14.0. The molecule has 0 aromatic carbocycles. The molecule has 0 radical (unpaired) electrons. The average Bonchev–Trinajstić information content (AvgIpc) is 2.66. The molecule has 0 bridgehead atoms. The molecule has 0 aromatic heterocycles. The number of nitrogens with zero attached hydrogens (tertiary/aromatic N) is 3. The molecule has 1 heterocycles. The third kappa shape index (κ3) is 8.29. The highest BCUT2D eigenvalue weighted by atomic mass is 127. The van der Waals surface area contributed by atoms with Gasteiger partial charge in [-0.3, -0.25) is 4.99 Å². The first kappa shape index (κ1) is 20.0. The molecule has 2 N–H and O–H groups in total. The fourth-order valence-electron chi connectivity index (χ4n) is 2.32. The summed E-state index contributed by atoms with van der Waals surface area (Å²) in [6.07, 6.45) is 7.53. The zero-order valence-corrected chi connectivity index (χ0v) is 15.8. The molecule has 4 nitrogen and oxygen atoms in total. The molecule has 1 saturated heterocycles. The number of hydrogen-bond acceptors (Lipinski definition) is 2. The molecule has 20 heavy (non-hydrogen) atoms. The second-order valence-corrected chi connectivity index (χ2v) is 5.92. The second-order valence-electron chi connectivity index (χ2n) is 5.92. The summed E-state index contributed by atoms with van der Waals surface area (Å²) >= 11 is 0. The number of aliphatic imine (C=N–C) groups is 1. The van der Waals surface area contributed by atoms with Crippen molar-refractivity contribution in [3.8, 4) is 0 Å². The normalized spacial score (nSPS) is 17.2. The van der Waals surface area contributed by atoms with Crippen LogP contribution in [0.1, 0.15) is 52.4 Å². The van der Waals surface area contributed by atoms with E-state index in [0.29, 0.717) is 6.04 Å². The third-order valence-electron chi connectivity index (χ3n) is 4.00. The Hall–Kier alpha value is -0.0400. The van der Waals surface area contributed by atoms with E-state index in [1.54, 1.807) is 0 Å². The minimum absolute atomic E-state index is 0. The monoisotopic (exact) mass is 396 g/mol. The summed E-state index contributed by atoms with van der Waals surface area (Å²) < 4.78 is 0. The molecule has 120 valence electrons. The van der Waals surface area contributed by atoms with Gasteiger partial charge in [0.05, 0.1) is 0 Å². The smallest absolute Gasteiger partial charge is 0.191 e. The van der Waals surface area contributed by atoms with E-state index in [-0.39, 0.29) is 24.0 Å². The number of guanidine groups is 1. The van der Waals surface area contributed by atoms with Crippen molar-refractivity contribution in [2.24, 2.45) is 10.7 Å². The summed E-state index contributed by atoms with van der Waals surface area (Å²) in [6.45, 7) is 8.66. The molecule has 1 aliphatic heterocycles. The van der Waals surface area contributed by atoms with Crippen LogP contribution >= 0.6 is 24.0 Å². The van der Waals surface area contributed by atoms with E-state index in [4.69, 9.17) is 5.73 Å². The molecule has 0 atom stereocenters. The van der Waals surface area contributed by atoms with Gasteiger partial charge in [-0.05, 0) is 53.1 Å². The van der Waals surface area contributed by atoms with Gasteiger partial charge >= 0.3 is 0 Å². The molecule has 0 aromatic rings. The Morgan fingerprint density at radius 3 is 2.30 bits per heavy atom. The third-order valence-corrected chi connectivity index (χ3v) is 4.00. The molecule has 1 rings (SSSR count). The largest absolute Gasteiger partial charge is 0.370 e. The standard InChI is InChI=1S/C15H32N4.HI/c1-14(2)18(3)11-9-6-10-17-15(16)19-12-7-4-5-8-13-19;/h14H,4-13H2,1-3H3,(H2,16,17);1H. The van der Waals surface area contributed by atoms with Crippen molar-refractivity contribution in [3.05, 3.63) is 0 Å². The predicted octanol–water partition coefficient (Wildman–Crippen LogP) is 2.92. The van der Waals surface area contributed by atoms with Crippen LogP contribution in [0.5, 0.6) is 0 Å². The van der Waals surface area contributed by atoms with Crippen molar-refractivity contribution < 1.29 is 0 Å². The summed E-state index contributed by atoms with van der Waals surface area (Å²) in [5, 5.41) is 0. The molecule has 0 saturated carbocycles. The predicted molar refractivity (Wildman–Crippen MR) is 98.9 cm³/mol. The minimum Gasteiger partial charge on any atom is -0.370 e. The Kier molecular flexibility index (Phi) is 11.6. The van der Waals surface area contributed by atoms with Crippen molar-refractivity contribution in [2.75, 3.05) is 33.2 Å². The summed E-state index contributed by atoms with van der Waals surface area (Å²) in [4.78, 5) is 9.17. The van der Waals surface area contributed by atoms with Gasteiger partial charge in [-0.25, -0.2) is 0 Å². The van der Waals surface area contributed by atoms with Gasteiger partial charge in [-0.2, -0.15) is 0 Å². The van der Waals surface area contributed by atoms with Crippen molar-refractivity contribution in [2.45, 2.75) is 58.4 Å². The highest BCUT2D eigenvalue weighted by Gasteiger charge is 2.10. The Balaban J connectivity index is 0.00000361. The van der Waals surface area contributed by atoms with Crippen molar-refractivity contribution in [3.63, 3.8) is 0 Å². The molecule has 1 fully saturated rings. The van der Waals surface area contributed by atoms with E-state index >= 15 is 0 Å². The summed E-state index contributed by atoms with van der Waals surface area (Å²) in [5.41, 5.74) is 6.07. The number of unbranched alkanes of at least 4 members (excludes halogenated alkanes) is 1. The lowest BCUT2D eigenvalue weighted by molar-refractivity contribution is 0.269. The Labute approximate surface area is 142 Å². The maximum absolute atomic E-state index is 6.07. The first-order chi connectivity index (χ1) is 9.11. The second kappa shape index (κ2) is 11.6. The van der Waals surface area contributed by atoms with Gasteiger partial charge in [0.25, 0.3) is 0 Å². The van der Waals surface area contributed by atoms with E-state index in [2.05, 4.69) is 35.7 Å². The van der Waals surface area contributed by atoms with Crippen LogP contribution in [0.15, 0.2) is 4.99 Å². The SMILES string of the molecule is CC(C)N(C)CCCCN=C(N)N1CCCCCC1.I. The van der Waals surface area contributed by atoms with Gasteiger partial charge in [-0.1, -0.05) is 12.8 Å². The topological polar surface area (TPSA) is 44.9 Å². The van der Waals surface area contributed by atoms with E-state index in [1.807, 2.05) is 0 Å². The van der Waals surface area contributed by atoms with E-state index in [0.717, 1.165) is 38.6 Å². The van der Waals surface area contributed by atoms with Crippen LogP contribution in [0, 0.1) is 0 Å². The quantitative estimate of drug-likeness (QED) is 0.325. The fourth-order valence-corrected chi connectivity index (χ4v) is 2.32. The molecule has 1 aliphatic rings. The van der Waals surface area contributed by atoms with Gasteiger partial charge in [0, 0.05) is 25.7 Å². The summed E-state index contributed by atoms with van der Waals surface area (Å²) in [7, 11) is 2.18. The number of rotatable bonds is 6. The van der Waals surface area contributed by atoms with Crippen LogP contribution in [-0.2, 0) is 0 Å². The van der Waals surface area contributed by atoms with Crippen LogP contribution < -0.4 is 5.73 Å². The van der Waals surface area contributed by atoms with Crippen molar-refractivity contribution in [1.29, 1.82) is 0 Å². The lowest BCUT2D eigenvalue weighted by Crippen LogP contribution is -2.38. The molecule has 0 amide bonds. The van der Waals surface area contributed by atoms with Crippen LogP contribution in [0.25, 0.3) is 0 Å². The first-order valence-electron chi connectivity index (χ1n) is 7.86. The number of nitrogens with two attached hydrogens (primary N) is 1. The van der Waals surface area contributed by atoms with Crippen LogP contribution in [0.3, 0.4) is 0 Å². The Bertz CT molecular complexity index is 261. The van der Waals surface area contributed by atoms with Crippen molar-refractivity contribution >= 4 is 29.9 Å². The van der Waals surface area contributed by atoms with Crippen molar-refractivity contribution in [1.82, 2.24) is 9.80 Å². The fraction of sp³-hybridized carbons (Fsp3) is 0.933. The minimum atomic E-state index is 0. The van der Waals surface area contributed by atoms with Gasteiger partial charge in [0.15, 0.2) is 5.96 Å². The van der Waals surface area contributed by atoms with Gasteiger partial charge in [0.1, 0.15) is 0 Å². The van der Waals surface area contributed by atoms with Crippen LogP contribution in [0.2, 0.25) is 0 Å².